The van der Waals surface area contributed by atoms with Crippen LogP contribution in [0.25, 0.3) is 0 Å². The molecule has 2 aromatic carbocycles. The van der Waals surface area contributed by atoms with Gasteiger partial charge in [-0.05, 0) is 36.6 Å². The van der Waals surface area contributed by atoms with Crippen LogP contribution in [-0.2, 0) is 25.5 Å². The van der Waals surface area contributed by atoms with Gasteiger partial charge in [0.2, 0.25) is 17.7 Å². The number of halogens is 1. The molecular formula is C27H31FN4O6. The second-order valence-corrected chi connectivity index (χ2v) is 9.36. The van der Waals surface area contributed by atoms with Gasteiger partial charge in [-0.25, -0.2) is 4.39 Å². The van der Waals surface area contributed by atoms with Crippen LogP contribution < -0.4 is 20.7 Å². The van der Waals surface area contributed by atoms with Gasteiger partial charge in [0.15, 0.2) is 0 Å². The maximum Gasteiger partial charge on any atom is 0.255 e. The van der Waals surface area contributed by atoms with Crippen molar-refractivity contribution in [3.8, 4) is 5.75 Å². The molecule has 38 heavy (non-hydrogen) atoms. The molecule has 11 heteroatoms. The number of rotatable bonds is 6. The van der Waals surface area contributed by atoms with Crippen molar-refractivity contribution in [3.05, 3.63) is 65.5 Å². The molecule has 0 saturated carbocycles. The Bertz CT molecular complexity index is 1180. The third-order valence-electron chi connectivity index (χ3n) is 6.51. The Labute approximate surface area is 219 Å². The predicted octanol–water partition coefficient (Wildman–Crippen LogP) is 0.798. The number of fused-ring (bicyclic) bond motifs is 2. The first kappa shape index (κ1) is 27.1. The van der Waals surface area contributed by atoms with E-state index in [9.17, 15) is 23.6 Å². The van der Waals surface area contributed by atoms with Crippen molar-refractivity contribution in [2.45, 2.75) is 37.4 Å². The van der Waals surface area contributed by atoms with E-state index >= 15 is 0 Å². The van der Waals surface area contributed by atoms with Crippen molar-refractivity contribution in [2.24, 2.45) is 0 Å². The zero-order valence-corrected chi connectivity index (χ0v) is 21.1. The summed E-state index contributed by atoms with van der Waals surface area (Å²) in [6, 6.07) is 11.1. The first-order chi connectivity index (χ1) is 18.3. The first-order valence-electron chi connectivity index (χ1n) is 12.5. The van der Waals surface area contributed by atoms with Gasteiger partial charge in [-0.3, -0.25) is 19.2 Å². The van der Waals surface area contributed by atoms with Crippen LogP contribution in [0.5, 0.6) is 5.75 Å². The van der Waals surface area contributed by atoms with Gasteiger partial charge in [0, 0.05) is 26.2 Å². The molecule has 2 heterocycles. The first-order valence-corrected chi connectivity index (χ1v) is 12.5. The van der Waals surface area contributed by atoms with E-state index in [2.05, 4.69) is 16.0 Å². The fourth-order valence-electron chi connectivity index (χ4n) is 4.75. The minimum atomic E-state index is -0.922. The van der Waals surface area contributed by atoms with Gasteiger partial charge in [0.05, 0.1) is 18.0 Å². The highest BCUT2D eigenvalue weighted by atomic mass is 19.1. The second-order valence-electron chi connectivity index (χ2n) is 9.36. The molecule has 4 rings (SSSR count). The smallest absolute Gasteiger partial charge is 0.255 e. The van der Waals surface area contributed by atoms with Crippen molar-refractivity contribution in [1.29, 1.82) is 0 Å². The molecule has 0 radical (unpaired) electrons. The minimum Gasteiger partial charge on any atom is -0.491 e. The van der Waals surface area contributed by atoms with Crippen LogP contribution in [0.3, 0.4) is 0 Å². The number of methoxy groups -OCH3 is 1. The summed E-state index contributed by atoms with van der Waals surface area (Å²) in [5, 5.41) is 8.36. The second kappa shape index (κ2) is 12.5. The molecule has 202 valence electrons. The summed E-state index contributed by atoms with van der Waals surface area (Å²) in [6.07, 6.45) is 0.612. The van der Waals surface area contributed by atoms with E-state index in [1.54, 1.807) is 4.90 Å². The van der Waals surface area contributed by atoms with E-state index < -0.39 is 23.8 Å². The van der Waals surface area contributed by atoms with Crippen molar-refractivity contribution in [2.75, 3.05) is 33.4 Å². The molecule has 2 aromatic rings. The highest BCUT2D eigenvalue weighted by Gasteiger charge is 2.39. The van der Waals surface area contributed by atoms with Crippen LogP contribution in [0.4, 0.5) is 4.39 Å². The summed E-state index contributed by atoms with van der Waals surface area (Å²) in [6.45, 7) is 0.175. The fourth-order valence-corrected chi connectivity index (χ4v) is 4.75. The molecule has 2 aliphatic rings. The van der Waals surface area contributed by atoms with Crippen LogP contribution in [-0.4, -0.2) is 80.1 Å². The standard InChI is InChI=1S/C27H31FN4O6/c1-37-16-25(34)30-19-13-20-15-38-23-8-7-18(28)12-21(23)26(35)29-10-9-22(27(36)32(20)14-19)31-24(33)11-17-5-3-2-4-6-17/h2-8,12,19-20,22H,9-11,13-16H2,1H3,(H,29,35)(H,30,34)(H,31,33)/t19-,20-,22-/m0/s1. The van der Waals surface area contributed by atoms with E-state index in [1.165, 1.54) is 19.2 Å². The molecule has 0 aliphatic carbocycles. The molecule has 0 bridgehead atoms. The molecule has 1 fully saturated rings. The van der Waals surface area contributed by atoms with Gasteiger partial charge in [-0.1, -0.05) is 30.3 Å². The van der Waals surface area contributed by atoms with Gasteiger partial charge in [-0.15, -0.1) is 0 Å². The summed E-state index contributed by atoms with van der Waals surface area (Å²) in [5.41, 5.74) is 0.835. The van der Waals surface area contributed by atoms with Gasteiger partial charge in [0.25, 0.3) is 5.91 Å². The summed E-state index contributed by atoms with van der Waals surface area (Å²) in [4.78, 5) is 53.1. The number of nitrogens with zero attached hydrogens (tertiary/aromatic N) is 1. The van der Waals surface area contributed by atoms with Gasteiger partial charge in [-0.2, -0.15) is 0 Å². The van der Waals surface area contributed by atoms with E-state index in [0.717, 1.165) is 11.6 Å². The predicted molar refractivity (Wildman–Crippen MR) is 135 cm³/mol. The van der Waals surface area contributed by atoms with Crippen LogP contribution in [0, 0.1) is 5.82 Å². The Kier molecular flexibility index (Phi) is 8.90. The maximum absolute atomic E-state index is 13.9. The Morgan fingerprint density at radius 1 is 1.13 bits per heavy atom. The number of amides is 4. The minimum absolute atomic E-state index is 0.0129. The number of hydrogen-bond donors (Lipinski definition) is 3. The number of ether oxygens (including phenoxy) is 2. The number of nitrogens with one attached hydrogen (secondary N) is 3. The third kappa shape index (κ3) is 6.86. The monoisotopic (exact) mass is 526 g/mol. The Morgan fingerprint density at radius 2 is 1.92 bits per heavy atom. The van der Waals surface area contributed by atoms with E-state index in [-0.39, 0.29) is 74.2 Å². The number of carbonyl (C=O) groups excluding carboxylic acids is 4. The summed E-state index contributed by atoms with van der Waals surface area (Å²) < 4.78 is 24.7. The molecule has 1 saturated heterocycles. The maximum atomic E-state index is 13.9. The van der Waals surface area contributed by atoms with Crippen LogP contribution in [0.15, 0.2) is 48.5 Å². The molecule has 10 nitrogen and oxygen atoms in total. The largest absolute Gasteiger partial charge is 0.491 e. The molecule has 0 aromatic heterocycles. The van der Waals surface area contributed by atoms with Gasteiger partial charge >= 0.3 is 0 Å². The molecule has 4 amide bonds. The lowest BCUT2D eigenvalue weighted by atomic mass is 10.1. The quantitative estimate of drug-likeness (QED) is 0.511. The van der Waals surface area contributed by atoms with E-state index in [0.29, 0.717) is 6.42 Å². The number of carbonyl (C=O) groups is 4. The van der Waals surface area contributed by atoms with Crippen molar-refractivity contribution < 1.29 is 33.0 Å². The normalized spacial score (nSPS) is 21.6. The molecule has 3 atom stereocenters. The molecular weight excluding hydrogens is 495 g/mol. The van der Waals surface area contributed by atoms with Gasteiger partial charge in [0.1, 0.15) is 30.8 Å². The van der Waals surface area contributed by atoms with Crippen molar-refractivity contribution in [3.63, 3.8) is 0 Å². The number of hydrogen-bond acceptors (Lipinski definition) is 6. The zero-order chi connectivity index (χ0) is 27.1. The topological polar surface area (TPSA) is 126 Å². The molecule has 2 aliphatic heterocycles. The van der Waals surface area contributed by atoms with Crippen molar-refractivity contribution >= 4 is 23.6 Å². The lowest BCUT2D eigenvalue weighted by molar-refractivity contribution is -0.137. The lowest BCUT2D eigenvalue weighted by Crippen LogP contribution is -2.53. The van der Waals surface area contributed by atoms with Crippen LogP contribution >= 0.6 is 0 Å². The molecule has 0 spiro atoms. The Hall–Kier alpha value is -3.99. The highest BCUT2D eigenvalue weighted by Crippen LogP contribution is 2.25. The average molecular weight is 527 g/mol. The van der Waals surface area contributed by atoms with Crippen LogP contribution in [0.2, 0.25) is 0 Å². The van der Waals surface area contributed by atoms with Gasteiger partial charge < -0.3 is 30.3 Å². The summed E-state index contributed by atoms with van der Waals surface area (Å²) in [7, 11) is 1.42. The average Bonchev–Trinajstić information content (AvgIpc) is 3.29. The Morgan fingerprint density at radius 3 is 2.68 bits per heavy atom. The molecule has 3 N–H and O–H groups in total. The van der Waals surface area contributed by atoms with Crippen LogP contribution in [0.1, 0.15) is 28.8 Å². The summed E-state index contributed by atoms with van der Waals surface area (Å²) >= 11 is 0. The SMILES string of the molecule is COCC(=O)N[C@H]1C[C@H]2COc3ccc(F)cc3C(=O)NCC[C@H](NC(=O)Cc3ccccc3)C(=O)N2C1. The highest BCUT2D eigenvalue weighted by molar-refractivity contribution is 5.97. The number of benzene rings is 2. The van der Waals surface area contributed by atoms with E-state index in [4.69, 9.17) is 9.47 Å². The third-order valence-corrected chi connectivity index (χ3v) is 6.51. The Balaban J connectivity index is 1.57. The van der Waals surface area contributed by atoms with E-state index in [1.807, 2.05) is 30.3 Å². The summed E-state index contributed by atoms with van der Waals surface area (Å²) in [5.74, 6) is -1.92. The van der Waals surface area contributed by atoms with Crippen molar-refractivity contribution in [1.82, 2.24) is 20.9 Å². The lowest BCUT2D eigenvalue weighted by Gasteiger charge is -2.30. The zero-order valence-electron chi connectivity index (χ0n) is 21.1. The molecule has 0 unspecified atom stereocenters. The fraction of sp³-hybridized carbons (Fsp3) is 0.407.